The molecule has 1 saturated heterocycles. The Balaban J connectivity index is 1.68. The molecule has 3 unspecified atom stereocenters. The summed E-state index contributed by atoms with van der Waals surface area (Å²) in [6.07, 6.45) is 11.4. The van der Waals surface area contributed by atoms with Gasteiger partial charge in [0.2, 0.25) is 0 Å². The number of ether oxygens (including phenoxy) is 1. The van der Waals surface area contributed by atoms with Gasteiger partial charge in [0.05, 0.1) is 6.10 Å². The van der Waals surface area contributed by atoms with E-state index >= 15 is 0 Å². The molecule has 1 heterocycles. The molecule has 0 aromatic rings. The first-order valence-corrected chi connectivity index (χ1v) is 7.23. The first kappa shape index (κ1) is 12.4. The van der Waals surface area contributed by atoms with Crippen LogP contribution in [0.4, 0.5) is 0 Å². The van der Waals surface area contributed by atoms with Crippen LogP contribution in [0.2, 0.25) is 0 Å². The third kappa shape index (κ3) is 3.74. The summed E-state index contributed by atoms with van der Waals surface area (Å²) in [5.41, 5.74) is 0. The minimum absolute atomic E-state index is 0.593. The maximum atomic E-state index is 5.75. The fourth-order valence-corrected chi connectivity index (χ4v) is 3.24. The summed E-state index contributed by atoms with van der Waals surface area (Å²) >= 11 is 0. The van der Waals surface area contributed by atoms with Crippen molar-refractivity contribution in [1.29, 1.82) is 0 Å². The summed E-state index contributed by atoms with van der Waals surface area (Å²) < 4.78 is 5.75. The van der Waals surface area contributed by atoms with E-state index < -0.39 is 0 Å². The molecule has 1 aliphatic carbocycles. The predicted octanol–water partition coefficient (Wildman–Crippen LogP) is 3.11. The Morgan fingerprint density at radius 3 is 2.88 bits per heavy atom. The fourth-order valence-electron chi connectivity index (χ4n) is 3.24. The highest BCUT2D eigenvalue weighted by molar-refractivity contribution is 4.80. The second kappa shape index (κ2) is 6.61. The minimum Gasteiger partial charge on any atom is -0.378 e. The Kier molecular flexibility index (Phi) is 5.11. The highest BCUT2D eigenvalue weighted by atomic mass is 16.5. The van der Waals surface area contributed by atoms with Gasteiger partial charge < -0.3 is 10.1 Å². The van der Waals surface area contributed by atoms with Crippen molar-refractivity contribution in [1.82, 2.24) is 5.32 Å². The second-order valence-electron chi connectivity index (χ2n) is 5.55. The number of hydrogen-bond donors (Lipinski definition) is 1. The Labute approximate surface area is 100 Å². The van der Waals surface area contributed by atoms with Gasteiger partial charge >= 0.3 is 0 Å². The van der Waals surface area contributed by atoms with Gasteiger partial charge in [-0.25, -0.2) is 0 Å². The van der Waals surface area contributed by atoms with Crippen LogP contribution in [-0.2, 0) is 4.74 Å². The lowest BCUT2D eigenvalue weighted by Gasteiger charge is -2.31. The highest BCUT2D eigenvalue weighted by Gasteiger charge is 2.25. The quantitative estimate of drug-likeness (QED) is 0.776. The lowest BCUT2D eigenvalue weighted by Crippen LogP contribution is -2.35. The van der Waals surface area contributed by atoms with E-state index in [2.05, 4.69) is 12.2 Å². The SMILES string of the molecule is CCCNC1CCCC(CC2CCCO2)C1. The molecule has 1 aliphatic heterocycles. The lowest BCUT2D eigenvalue weighted by atomic mass is 9.82. The molecule has 16 heavy (non-hydrogen) atoms. The van der Waals surface area contributed by atoms with Crippen LogP contribution < -0.4 is 5.32 Å². The van der Waals surface area contributed by atoms with E-state index in [1.54, 1.807) is 0 Å². The molecule has 2 nitrogen and oxygen atoms in total. The van der Waals surface area contributed by atoms with E-state index in [1.165, 1.54) is 57.9 Å². The molecule has 0 amide bonds. The van der Waals surface area contributed by atoms with Crippen LogP contribution >= 0.6 is 0 Å². The van der Waals surface area contributed by atoms with Gasteiger partial charge in [0.1, 0.15) is 0 Å². The zero-order valence-corrected chi connectivity index (χ0v) is 10.7. The number of rotatable bonds is 5. The summed E-state index contributed by atoms with van der Waals surface area (Å²) in [6, 6.07) is 0.792. The van der Waals surface area contributed by atoms with Crippen LogP contribution in [0.3, 0.4) is 0 Å². The van der Waals surface area contributed by atoms with Gasteiger partial charge in [0, 0.05) is 12.6 Å². The van der Waals surface area contributed by atoms with Crippen molar-refractivity contribution in [3.63, 3.8) is 0 Å². The van der Waals surface area contributed by atoms with Crippen LogP contribution in [0.5, 0.6) is 0 Å². The Bertz CT molecular complexity index is 189. The van der Waals surface area contributed by atoms with Crippen molar-refractivity contribution in [2.24, 2.45) is 5.92 Å². The van der Waals surface area contributed by atoms with Crippen molar-refractivity contribution in [3.8, 4) is 0 Å². The summed E-state index contributed by atoms with van der Waals surface area (Å²) in [5, 5.41) is 3.69. The zero-order chi connectivity index (χ0) is 11.2. The smallest absolute Gasteiger partial charge is 0.0578 e. The van der Waals surface area contributed by atoms with E-state index in [0.717, 1.165) is 18.6 Å². The molecule has 2 aliphatic rings. The molecule has 0 aromatic heterocycles. The molecule has 1 N–H and O–H groups in total. The molecule has 2 rings (SSSR count). The summed E-state index contributed by atoms with van der Waals surface area (Å²) in [5.74, 6) is 0.922. The van der Waals surface area contributed by atoms with Crippen molar-refractivity contribution >= 4 is 0 Å². The van der Waals surface area contributed by atoms with Gasteiger partial charge in [-0.05, 0) is 51.0 Å². The van der Waals surface area contributed by atoms with Crippen LogP contribution in [0.1, 0.15) is 58.3 Å². The minimum atomic E-state index is 0.593. The average Bonchev–Trinajstić information content (AvgIpc) is 2.80. The van der Waals surface area contributed by atoms with E-state index in [4.69, 9.17) is 4.74 Å². The van der Waals surface area contributed by atoms with E-state index in [0.29, 0.717) is 6.10 Å². The standard InChI is InChI=1S/C14H27NO/c1-2-8-15-13-6-3-5-12(10-13)11-14-7-4-9-16-14/h12-15H,2-11H2,1H3. The van der Waals surface area contributed by atoms with Gasteiger partial charge in [-0.3, -0.25) is 0 Å². The van der Waals surface area contributed by atoms with Gasteiger partial charge in [0.15, 0.2) is 0 Å². The first-order valence-electron chi connectivity index (χ1n) is 7.23. The normalized spacial score (nSPS) is 35.4. The molecule has 1 saturated carbocycles. The molecule has 0 radical (unpaired) electrons. The Morgan fingerprint density at radius 1 is 1.19 bits per heavy atom. The molecule has 0 aromatic carbocycles. The molecular formula is C14H27NO. The van der Waals surface area contributed by atoms with E-state index in [9.17, 15) is 0 Å². The summed E-state index contributed by atoms with van der Waals surface area (Å²) in [7, 11) is 0. The number of nitrogens with one attached hydrogen (secondary N) is 1. The van der Waals surface area contributed by atoms with Crippen LogP contribution in [-0.4, -0.2) is 25.3 Å². The first-order chi connectivity index (χ1) is 7.88. The molecular weight excluding hydrogens is 198 g/mol. The molecule has 2 heteroatoms. The topological polar surface area (TPSA) is 21.3 Å². The van der Waals surface area contributed by atoms with Gasteiger partial charge in [-0.2, -0.15) is 0 Å². The molecule has 0 spiro atoms. The van der Waals surface area contributed by atoms with Gasteiger partial charge in [-0.1, -0.05) is 19.8 Å². The lowest BCUT2D eigenvalue weighted by molar-refractivity contribution is 0.0800. The van der Waals surface area contributed by atoms with E-state index in [-0.39, 0.29) is 0 Å². The molecule has 3 atom stereocenters. The van der Waals surface area contributed by atoms with E-state index in [1.807, 2.05) is 0 Å². The molecule has 0 bridgehead atoms. The van der Waals surface area contributed by atoms with Gasteiger partial charge in [-0.15, -0.1) is 0 Å². The second-order valence-corrected chi connectivity index (χ2v) is 5.55. The monoisotopic (exact) mass is 225 g/mol. The third-order valence-electron chi connectivity index (χ3n) is 4.09. The van der Waals surface area contributed by atoms with Crippen molar-refractivity contribution in [2.75, 3.05) is 13.2 Å². The fraction of sp³-hybridized carbons (Fsp3) is 1.00. The van der Waals surface area contributed by atoms with Crippen molar-refractivity contribution in [2.45, 2.75) is 70.4 Å². The number of hydrogen-bond acceptors (Lipinski definition) is 2. The summed E-state index contributed by atoms with van der Waals surface area (Å²) in [4.78, 5) is 0. The maximum Gasteiger partial charge on any atom is 0.0578 e. The van der Waals surface area contributed by atoms with Gasteiger partial charge in [0.25, 0.3) is 0 Å². The molecule has 94 valence electrons. The third-order valence-corrected chi connectivity index (χ3v) is 4.09. The van der Waals surface area contributed by atoms with Crippen LogP contribution in [0, 0.1) is 5.92 Å². The maximum absolute atomic E-state index is 5.75. The largest absolute Gasteiger partial charge is 0.378 e. The highest BCUT2D eigenvalue weighted by Crippen LogP contribution is 2.31. The molecule has 2 fully saturated rings. The van der Waals surface area contributed by atoms with Crippen LogP contribution in [0.25, 0.3) is 0 Å². The van der Waals surface area contributed by atoms with Crippen LogP contribution in [0.15, 0.2) is 0 Å². The zero-order valence-electron chi connectivity index (χ0n) is 10.7. The van der Waals surface area contributed by atoms with Crippen molar-refractivity contribution in [3.05, 3.63) is 0 Å². The summed E-state index contributed by atoms with van der Waals surface area (Å²) in [6.45, 7) is 4.45. The average molecular weight is 225 g/mol. The Hall–Kier alpha value is -0.0800. The Morgan fingerprint density at radius 2 is 2.12 bits per heavy atom. The predicted molar refractivity (Wildman–Crippen MR) is 67.6 cm³/mol. The van der Waals surface area contributed by atoms with Crippen molar-refractivity contribution < 1.29 is 4.74 Å².